The molecule has 3 N–H and O–H groups in total. The summed E-state index contributed by atoms with van der Waals surface area (Å²) in [5.41, 5.74) is 5.38. The quantitative estimate of drug-likeness (QED) is 0.448. The summed E-state index contributed by atoms with van der Waals surface area (Å²) in [6.07, 6.45) is 0. The number of hydrogen-bond acceptors (Lipinski definition) is 3. The van der Waals surface area contributed by atoms with E-state index in [1.807, 2.05) is 6.92 Å². The van der Waals surface area contributed by atoms with Gasteiger partial charge in [-0.3, -0.25) is 10.3 Å². The summed E-state index contributed by atoms with van der Waals surface area (Å²) >= 11 is 0. The summed E-state index contributed by atoms with van der Waals surface area (Å²) in [7, 11) is 1.67. The van der Waals surface area contributed by atoms with Gasteiger partial charge in [0.2, 0.25) is 0 Å². The van der Waals surface area contributed by atoms with E-state index in [0.29, 0.717) is 6.61 Å². The van der Waals surface area contributed by atoms with E-state index in [2.05, 4.69) is 11.8 Å². The van der Waals surface area contributed by atoms with Crippen LogP contribution in [0, 0.1) is 5.41 Å². The average Bonchev–Trinajstić information content (AvgIpc) is 2.05. The van der Waals surface area contributed by atoms with Crippen LogP contribution < -0.4 is 5.73 Å². The predicted octanol–water partition coefficient (Wildman–Crippen LogP) is 0.279. The molecule has 0 bridgehead atoms. The van der Waals surface area contributed by atoms with Crippen molar-refractivity contribution in [1.82, 2.24) is 4.90 Å². The molecule has 1 atom stereocenters. The normalized spacial score (nSPS) is 13.3. The van der Waals surface area contributed by atoms with Gasteiger partial charge < -0.3 is 10.5 Å². The van der Waals surface area contributed by atoms with Crippen LogP contribution in [0.4, 0.5) is 0 Å². The van der Waals surface area contributed by atoms with Crippen molar-refractivity contribution in [3.63, 3.8) is 0 Å². The van der Waals surface area contributed by atoms with E-state index in [1.54, 1.807) is 7.11 Å². The zero-order valence-corrected chi connectivity index (χ0v) is 8.13. The molecule has 4 heteroatoms. The number of amidine groups is 1. The predicted molar refractivity (Wildman–Crippen MR) is 50.5 cm³/mol. The number of nitrogens with one attached hydrogen (secondary N) is 1. The lowest BCUT2D eigenvalue weighted by atomic mass is 10.2. The number of nitrogens with two attached hydrogens (primary N) is 1. The molecule has 72 valence electrons. The third-order valence-electron chi connectivity index (χ3n) is 1.99. The van der Waals surface area contributed by atoms with Gasteiger partial charge in [0.05, 0.1) is 12.6 Å². The van der Waals surface area contributed by atoms with Gasteiger partial charge in [0.1, 0.15) is 5.84 Å². The molecule has 0 aromatic carbocycles. The van der Waals surface area contributed by atoms with Gasteiger partial charge in [-0.25, -0.2) is 0 Å². The number of hydrogen-bond donors (Lipinski definition) is 2. The van der Waals surface area contributed by atoms with E-state index in [9.17, 15) is 0 Å². The highest BCUT2D eigenvalue weighted by Crippen LogP contribution is 1.97. The minimum absolute atomic E-state index is 0.0187. The van der Waals surface area contributed by atoms with E-state index in [4.69, 9.17) is 15.9 Å². The Kier molecular flexibility index (Phi) is 5.66. The van der Waals surface area contributed by atoms with E-state index < -0.39 is 0 Å². The second-order valence-corrected chi connectivity index (χ2v) is 2.75. The van der Waals surface area contributed by atoms with Crippen LogP contribution in [0.2, 0.25) is 0 Å². The summed E-state index contributed by atoms with van der Waals surface area (Å²) in [6.45, 7) is 6.39. The largest absolute Gasteiger partial charge is 0.386 e. The number of rotatable bonds is 6. The molecular weight excluding hydrogens is 154 g/mol. The van der Waals surface area contributed by atoms with Crippen molar-refractivity contribution in [2.45, 2.75) is 19.9 Å². The van der Waals surface area contributed by atoms with Crippen molar-refractivity contribution in [2.75, 3.05) is 26.8 Å². The standard InChI is InChI=1S/C8H19N3O/c1-4-11(5-6-12-3)7(2)8(9)10/h7H,4-6H2,1-3H3,(H3,9,10). The van der Waals surface area contributed by atoms with Crippen molar-refractivity contribution < 1.29 is 4.74 Å². The van der Waals surface area contributed by atoms with Crippen molar-refractivity contribution in [2.24, 2.45) is 5.73 Å². The molecule has 0 amide bonds. The number of ether oxygens (including phenoxy) is 1. The first-order valence-corrected chi connectivity index (χ1v) is 4.20. The zero-order chi connectivity index (χ0) is 9.56. The lowest BCUT2D eigenvalue weighted by molar-refractivity contribution is 0.144. The highest BCUT2D eigenvalue weighted by Gasteiger charge is 2.13. The Morgan fingerprint density at radius 2 is 2.25 bits per heavy atom. The molecule has 0 saturated heterocycles. The third kappa shape index (κ3) is 3.69. The Morgan fingerprint density at radius 3 is 2.58 bits per heavy atom. The fourth-order valence-corrected chi connectivity index (χ4v) is 1.03. The fraction of sp³-hybridized carbons (Fsp3) is 0.875. The molecule has 0 aliphatic carbocycles. The van der Waals surface area contributed by atoms with Crippen LogP contribution in [-0.4, -0.2) is 43.6 Å². The van der Waals surface area contributed by atoms with Crippen LogP contribution in [-0.2, 0) is 4.74 Å². The maximum absolute atomic E-state index is 7.26. The van der Waals surface area contributed by atoms with Crippen LogP contribution in [0.25, 0.3) is 0 Å². The van der Waals surface area contributed by atoms with Crippen molar-refractivity contribution in [3.8, 4) is 0 Å². The molecule has 0 rings (SSSR count). The number of methoxy groups -OCH3 is 1. The average molecular weight is 173 g/mol. The first-order chi connectivity index (χ1) is 5.63. The summed E-state index contributed by atoms with van der Waals surface area (Å²) in [4.78, 5) is 2.10. The van der Waals surface area contributed by atoms with Gasteiger partial charge in [-0.15, -0.1) is 0 Å². The molecule has 0 spiro atoms. The molecule has 0 heterocycles. The zero-order valence-electron chi connectivity index (χ0n) is 8.13. The SMILES string of the molecule is CCN(CCOC)C(C)C(=N)N. The number of likely N-dealkylation sites (N-methyl/N-ethyl adjacent to an activating group) is 1. The highest BCUT2D eigenvalue weighted by atomic mass is 16.5. The summed E-state index contributed by atoms with van der Waals surface area (Å²) in [5, 5.41) is 7.26. The molecule has 0 aromatic heterocycles. The second kappa shape index (κ2) is 5.97. The van der Waals surface area contributed by atoms with Crippen molar-refractivity contribution >= 4 is 5.84 Å². The Labute approximate surface area is 74.2 Å². The lowest BCUT2D eigenvalue weighted by Crippen LogP contribution is -2.43. The van der Waals surface area contributed by atoms with Gasteiger partial charge in [-0.2, -0.15) is 0 Å². The molecule has 12 heavy (non-hydrogen) atoms. The fourth-order valence-electron chi connectivity index (χ4n) is 1.03. The summed E-state index contributed by atoms with van der Waals surface area (Å²) in [5.74, 6) is 0.216. The highest BCUT2D eigenvalue weighted by molar-refractivity contribution is 5.82. The van der Waals surface area contributed by atoms with Gasteiger partial charge in [-0.1, -0.05) is 6.92 Å². The van der Waals surface area contributed by atoms with Gasteiger partial charge in [0.25, 0.3) is 0 Å². The van der Waals surface area contributed by atoms with Crippen LogP contribution >= 0.6 is 0 Å². The minimum atomic E-state index is 0.0187. The molecule has 0 aliphatic rings. The van der Waals surface area contributed by atoms with Crippen molar-refractivity contribution in [3.05, 3.63) is 0 Å². The summed E-state index contributed by atoms with van der Waals surface area (Å²) in [6, 6.07) is 0.0187. The Hall–Kier alpha value is -0.610. The first kappa shape index (κ1) is 11.4. The Bertz CT molecular complexity index is 138. The maximum atomic E-state index is 7.26. The molecule has 4 nitrogen and oxygen atoms in total. The summed E-state index contributed by atoms with van der Waals surface area (Å²) < 4.78 is 4.95. The van der Waals surface area contributed by atoms with E-state index in [1.165, 1.54) is 0 Å². The molecule has 0 fully saturated rings. The van der Waals surface area contributed by atoms with Gasteiger partial charge in [0.15, 0.2) is 0 Å². The topological polar surface area (TPSA) is 62.3 Å². The van der Waals surface area contributed by atoms with Crippen LogP contribution in [0.5, 0.6) is 0 Å². The second-order valence-electron chi connectivity index (χ2n) is 2.75. The van der Waals surface area contributed by atoms with E-state index in [0.717, 1.165) is 13.1 Å². The molecule has 0 radical (unpaired) electrons. The molecular formula is C8H19N3O. The van der Waals surface area contributed by atoms with E-state index >= 15 is 0 Å². The van der Waals surface area contributed by atoms with Crippen LogP contribution in [0.3, 0.4) is 0 Å². The first-order valence-electron chi connectivity index (χ1n) is 4.20. The molecule has 0 aliphatic heterocycles. The maximum Gasteiger partial charge on any atom is 0.108 e. The molecule has 0 aromatic rings. The van der Waals surface area contributed by atoms with E-state index in [-0.39, 0.29) is 11.9 Å². The smallest absolute Gasteiger partial charge is 0.108 e. The van der Waals surface area contributed by atoms with Gasteiger partial charge >= 0.3 is 0 Å². The van der Waals surface area contributed by atoms with Crippen LogP contribution in [0.1, 0.15) is 13.8 Å². The van der Waals surface area contributed by atoms with Gasteiger partial charge in [-0.05, 0) is 13.5 Å². The Balaban J connectivity index is 3.87. The van der Waals surface area contributed by atoms with Gasteiger partial charge in [0, 0.05) is 13.7 Å². The lowest BCUT2D eigenvalue weighted by Gasteiger charge is -2.26. The van der Waals surface area contributed by atoms with Crippen molar-refractivity contribution in [1.29, 1.82) is 5.41 Å². The monoisotopic (exact) mass is 173 g/mol. The third-order valence-corrected chi connectivity index (χ3v) is 1.99. The van der Waals surface area contributed by atoms with Crippen LogP contribution in [0.15, 0.2) is 0 Å². The number of nitrogens with zero attached hydrogens (tertiary/aromatic N) is 1. The molecule has 0 saturated carbocycles. The minimum Gasteiger partial charge on any atom is -0.386 e. The molecule has 1 unspecified atom stereocenters. The Morgan fingerprint density at radius 1 is 1.67 bits per heavy atom.